The highest BCUT2D eigenvalue weighted by atomic mass is 16.5. The van der Waals surface area contributed by atoms with Crippen LogP contribution >= 0.6 is 0 Å². The van der Waals surface area contributed by atoms with E-state index in [2.05, 4.69) is 0 Å². The molecule has 0 amide bonds. The van der Waals surface area contributed by atoms with Gasteiger partial charge in [-0.1, -0.05) is 82.1 Å². The third-order valence-corrected chi connectivity index (χ3v) is 6.62. The van der Waals surface area contributed by atoms with Crippen molar-refractivity contribution in [3.05, 3.63) is 58.7 Å². The fourth-order valence-electron chi connectivity index (χ4n) is 5.04. The van der Waals surface area contributed by atoms with Crippen LogP contribution in [0.1, 0.15) is 104 Å². The highest BCUT2D eigenvalue weighted by Gasteiger charge is 2.28. The number of para-hydroxylation sites is 1. The molecular weight excluding hydrogens is 360 g/mol. The van der Waals surface area contributed by atoms with E-state index < -0.39 is 5.97 Å². The molecule has 0 radical (unpaired) electrons. The molecule has 4 rings (SSSR count). The molecule has 0 saturated heterocycles. The molecule has 0 spiro atoms. The lowest BCUT2D eigenvalue weighted by atomic mass is 9.82. The number of rotatable bonds is 2. The number of ether oxygens (including phenoxy) is 1. The molecule has 154 valence electrons. The zero-order valence-electron chi connectivity index (χ0n) is 17.3. The predicted octanol–water partition coefficient (Wildman–Crippen LogP) is 7.47. The van der Waals surface area contributed by atoms with Crippen molar-refractivity contribution < 1.29 is 14.6 Å². The third-order valence-electron chi connectivity index (χ3n) is 6.62. The summed E-state index contributed by atoms with van der Waals surface area (Å²) in [5.74, 6) is 1.07. The molecule has 0 aromatic heterocycles. The van der Waals surface area contributed by atoms with Crippen molar-refractivity contribution in [2.24, 2.45) is 0 Å². The Balaban J connectivity index is 1.64. The van der Waals surface area contributed by atoms with E-state index in [9.17, 15) is 9.90 Å². The number of carbonyl (C=O) groups is 1. The number of carboxylic acids is 1. The molecule has 1 heterocycles. The van der Waals surface area contributed by atoms with Crippen molar-refractivity contribution in [3.8, 4) is 11.5 Å². The quantitative estimate of drug-likeness (QED) is 0.492. The summed E-state index contributed by atoms with van der Waals surface area (Å²) in [6, 6.07) is 12.0. The first-order valence-corrected chi connectivity index (χ1v) is 11.4. The Morgan fingerprint density at radius 1 is 0.793 bits per heavy atom. The van der Waals surface area contributed by atoms with Crippen LogP contribution in [0.4, 0.5) is 0 Å². The molecule has 1 fully saturated rings. The van der Waals surface area contributed by atoms with E-state index in [0.717, 1.165) is 35.3 Å². The molecule has 2 aliphatic rings. The lowest BCUT2D eigenvalue weighted by molar-refractivity contribution is 0.0693. The van der Waals surface area contributed by atoms with Crippen LogP contribution in [0.2, 0.25) is 0 Å². The molecule has 0 atom stereocenters. The van der Waals surface area contributed by atoms with Crippen LogP contribution < -0.4 is 4.74 Å². The minimum Gasteiger partial charge on any atom is -0.478 e. The second-order valence-electron chi connectivity index (χ2n) is 8.65. The monoisotopic (exact) mass is 392 g/mol. The van der Waals surface area contributed by atoms with Crippen LogP contribution in [0.3, 0.4) is 0 Å². The first-order chi connectivity index (χ1) is 14.2. The average Bonchev–Trinajstić information content (AvgIpc) is 2.72. The maximum Gasteiger partial charge on any atom is 0.336 e. The smallest absolute Gasteiger partial charge is 0.336 e. The van der Waals surface area contributed by atoms with Gasteiger partial charge in [0.1, 0.15) is 11.5 Å². The normalized spacial score (nSPS) is 18.5. The zero-order valence-corrected chi connectivity index (χ0v) is 17.3. The van der Waals surface area contributed by atoms with Crippen molar-refractivity contribution >= 4 is 5.97 Å². The van der Waals surface area contributed by atoms with Crippen molar-refractivity contribution in [1.29, 1.82) is 0 Å². The second-order valence-corrected chi connectivity index (χ2v) is 8.65. The van der Waals surface area contributed by atoms with Crippen LogP contribution in [0, 0.1) is 0 Å². The van der Waals surface area contributed by atoms with Crippen molar-refractivity contribution in [2.75, 3.05) is 0 Å². The zero-order chi connectivity index (χ0) is 20.1. The van der Waals surface area contributed by atoms with E-state index in [0.29, 0.717) is 23.7 Å². The lowest BCUT2D eigenvalue weighted by Crippen LogP contribution is -2.15. The SMILES string of the molecule is O=C(O)c1c(C2CCCCCCCCCCC2)ccc2c1Cc1ccccc1O2. The van der Waals surface area contributed by atoms with Gasteiger partial charge in [-0.05, 0) is 42.0 Å². The Labute approximate surface area is 174 Å². The Hall–Kier alpha value is -2.29. The number of carboxylic acid groups (broad SMARTS) is 1. The summed E-state index contributed by atoms with van der Waals surface area (Å²) < 4.78 is 6.06. The van der Waals surface area contributed by atoms with Gasteiger partial charge in [0, 0.05) is 12.0 Å². The van der Waals surface area contributed by atoms with Gasteiger partial charge >= 0.3 is 5.97 Å². The molecule has 3 heteroatoms. The molecule has 2 aromatic carbocycles. The van der Waals surface area contributed by atoms with Crippen molar-refractivity contribution in [1.82, 2.24) is 0 Å². The van der Waals surface area contributed by atoms with Gasteiger partial charge in [0.15, 0.2) is 0 Å². The van der Waals surface area contributed by atoms with Gasteiger partial charge in [-0.25, -0.2) is 4.79 Å². The molecule has 3 nitrogen and oxygen atoms in total. The van der Waals surface area contributed by atoms with E-state index in [-0.39, 0.29) is 0 Å². The number of fused-ring (bicyclic) bond motifs is 2. The fraction of sp³-hybridized carbons (Fsp3) is 0.500. The Kier molecular flexibility index (Phi) is 6.53. The van der Waals surface area contributed by atoms with Gasteiger partial charge in [0.25, 0.3) is 0 Å². The molecule has 1 aliphatic carbocycles. The van der Waals surface area contributed by atoms with E-state index in [4.69, 9.17) is 4.74 Å². The topological polar surface area (TPSA) is 46.5 Å². The van der Waals surface area contributed by atoms with Crippen LogP contribution in [0.25, 0.3) is 0 Å². The molecule has 1 aliphatic heterocycles. The minimum atomic E-state index is -0.814. The Morgan fingerprint density at radius 2 is 1.41 bits per heavy atom. The van der Waals surface area contributed by atoms with E-state index in [1.165, 1.54) is 57.8 Å². The summed E-state index contributed by atoms with van der Waals surface area (Å²) in [6.45, 7) is 0. The summed E-state index contributed by atoms with van der Waals surface area (Å²) in [5.41, 5.74) is 3.43. The summed E-state index contributed by atoms with van der Waals surface area (Å²) >= 11 is 0. The van der Waals surface area contributed by atoms with E-state index in [1.807, 2.05) is 36.4 Å². The van der Waals surface area contributed by atoms with Crippen LogP contribution in [0.5, 0.6) is 11.5 Å². The predicted molar refractivity (Wildman–Crippen MR) is 116 cm³/mol. The van der Waals surface area contributed by atoms with E-state index in [1.54, 1.807) is 0 Å². The highest BCUT2D eigenvalue weighted by Crippen LogP contribution is 2.42. The van der Waals surface area contributed by atoms with Gasteiger partial charge in [-0.3, -0.25) is 0 Å². The maximum absolute atomic E-state index is 12.4. The summed E-state index contributed by atoms with van der Waals surface area (Å²) in [7, 11) is 0. The summed E-state index contributed by atoms with van der Waals surface area (Å²) in [4.78, 5) is 12.4. The molecule has 29 heavy (non-hydrogen) atoms. The molecule has 0 bridgehead atoms. The molecule has 1 N–H and O–H groups in total. The van der Waals surface area contributed by atoms with Crippen LogP contribution in [-0.4, -0.2) is 11.1 Å². The van der Waals surface area contributed by atoms with Gasteiger partial charge in [0.2, 0.25) is 0 Å². The fourth-order valence-corrected chi connectivity index (χ4v) is 5.04. The van der Waals surface area contributed by atoms with Gasteiger partial charge in [0.05, 0.1) is 5.56 Å². The Morgan fingerprint density at radius 3 is 2.07 bits per heavy atom. The lowest BCUT2D eigenvalue weighted by Gasteiger charge is -2.26. The maximum atomic E-state index is 12.4. The first kappa shape index (κ1) is 20.0. The summed E-state index contributed by atoms with van der Waals surface area (Å²) in [6.07, 6.45) is 14.4. The number of hydrogen-bond donors (Lipinski definition) is 1. The van der Waals surface area contributed by atoms with Crippen molar-refractivity contribution in [3.63, 3.8) is 0 Å². The van der Waals surface area contributed by atoms with Gasteiger partial charge in [-0.15, -0.1) is 0 Å². The van der Waals surface area contributed by atoms with Crippen molar-refractivity contribution in [2.45, 2.75) is 83.0 Å². The molecule has 2 aromatic rings. The number of benzene rings is 2. The third kappa shape index (κ3) is 4.66. The minimum absolute atomic E-state index is 0.336. The van der Waals surface area contributed by atoms with Crippen LogP contribution in [0.15, 0.2) is 36.4 Å². The van der Waals surface area contributed by atoms with E-state index >= 15 is 0 Å². The van der Waals surface area contributed by atoms with Gasteiger partial charge in [-0.2, -0.15) is 0 Å². The average molecular weight is 393 g/mol. The summed E-state index contributed by atoms with van der Waals surface area (Å²) in [5, 5.41) is 10.2. The standard InChI is InChI=1S/C26H32O3/c27-26(28)25-21(19-12-8-6-4-2-1-3-5-7-9-13-19)16-17-24-22(25)18-20-14-10-11-15-23(20)29-24/h10-11,14-17,19H,1-9,12-13,18H2,(H,27,28). The second kappa shape index (κ2) is 9.47. The highest BCUT2D eigenvalue weighted by molar-refractivity contribution is 5.93. The molecular formula is C26H32O3. The number of hydrogen-bond acceptors (Lipinski definition) is 2. The largest absolute Gasteiger partial charge is 0.478 e. The van der Waals surface area contributed by atoms with Crippen LogP contribution in [-0.2, 0) is 6.42 Å². The Bertz CT molecular complexity index is 843. The number of aromatic carboxylic acids is 1. The molecule has 1 saturated carbocycles. The first-order valence-electron chi connectivity index (χ1n) is 11.4. The molecule has 0 unspecified atom stereocenters. The van der Waals surface area contributed by atoms with Gasteiger partial charge < -0.3 is 9.84 Å².